The van der Waals surface area contributed by atoms with Gasteiger partial charge in [-0.05, 0) is 48.4 Å². The molecule has 0 saturated heterocycles. The van der Waals surface area contributed by atoms with Crippen LogP contribution in [-0.2, 0) is 40.8 Å². The first-order valence-electron chi connectivity index (χ1n) is 18.7. The van der Waals surface area contributed by atoms with Crippen LogP contribution in [-0.4, -0.2) is 77.3 Å². The monoisotopic (exact) mass is 750 g/mol. The number of aryl methyl sites for hydroxylation is 2. The van der Waals surface area contributed by atoms with Crippen LogP contribution in [0.15, 0.2) is 73.2 Å². The number of amides is 4. The molecule has 2 aliphatic rings. The highest BCUT2D eigenvalue weighted by Crippen LogP contribution is 2.22. The van der Waals surface area contributed by atoms with E-state index in [1.165, 1.54) is 10.9 Å². The summed E-state index contributed by atoms with van der Waals surface area (Å²) in [5.74, 6) is -0.152. The Morgan fingerprint density at radius 2 is 1.71 bits per heavy atom. The van der Waals surface area contributed by atoms with Gasteiger partial charge in [0.25, 0.3) is 5.91 Å². The van der Waals surface area contributed by atoms with E-state index in [-0.39, 0.29) is 49.8 Å². The van der Waals surface area contributed by atoms with E-state index >= 15 is 0 Å². The lowest BCUT2D eigenvalue weighted by Gasteiger charge is -2.27. The van der Waals surface area contributed by atoms with Crippen molar-refractivity contribution in [1.82, 2.24) is 50.2 Å². The molecule has 0 spiro atoms. The van der Waals surface area contributed by atoms with Crippen molar-refractivity contribution in [2.24, 2.45) is 18.9 Å². The third kappa shape index (κ3) is 9.58. The van der Waals surface area contributed by atoms with Crippen LogP contribution in [0.4, 0.5) is 0 Å². The molecule has 3 aromatic heterocycles. The zero-order valence-electron chi connectivity index (χ0n) is 32.2. The lowest BCUT2D eigenvalue weighted by Crippen LogP contribution is -2.55. The number of aromatic nitrogens is 6. The Labute approximate surface area is 320 Å². The average Bonchev–Trinajstić information content (AvgIpc) is 3.84. The highest BCUT2D eigenvalue weighted by Gasteiger charge is 2.32. The quantitative estimate of drug-likeness (QED) is 0.196. The van der Waals surface area contributed by atoms with Crippen molar-refractivity contribution in [2.75, 3.05) is 6.61 Å². The highest BCUT2D eigenvalue weighted by molar-refractivity contribution is 6.02. The molecule has 0 aliphatic carbocycles. The van der Waals surface area contributed by atoms with Crippen LogP contribution in [0.2, 0.25) is 0 Å². The predicted molar refractivity (Wildman–Crippen MR) is 205 cm³/mol. The Morgan fingerprint density at radius 1 is 0.964 bits per heavy atom. The maximum Gasteiger partial charge on any atom is 0.257 e. The molecule has 55 heavy (non-hydrogen) atoms. The second-order valence-corrected chi connectivity index (χ2v) is 15.0. The van der Waals surface area contributed by atoms with E-state index in [1.807, 2.05) is 63.4 Å². The number of ether oxygens (including phenoxy) is 1. The number of imidazole rings is 1. The molecule has 0 fully saturated rings. The molecular formula is C40H50N10O5. The van der Waals surface area contributed by atoms with Gasteiger partial charge in [0.2, 0.25) is 17.7 Å². The van der Waals surface area contributed by atoms with Gasteiger partial charge in [0.15, 0.2) is 5.82 Å². The molecule has 2 aromatic carbocycles. The molecule has 4 amide bonds. The maximum absolute atomic E-state index is 14.4. The van der Waals surface area contributed by atoms with E-state index < -0.39 is 35.8 Å². The maximum atomic E-state index is 14.4. The fourth-order valence-corrected chi connectivity index (χ4v) is 6.89. The first-order valence-corrected chi connectivity index (χ1v) is 18.7. The van der Waals surface area contributed by atoms with Crippen molar-refractivity contribution in [3.05, 3.63) is 102 Å². The minimum atomic E-state index is -1.07. The van der Waals surface area contributed by atoms with Crippen molar-refractivity contribution in [2.45, 2.75) is 84.6 Å². The Balaban J connectivity index is 1.38. The van der Waals surface area contributed by atoms with Crippen LogP contribution in [0.5, 0.6) is 5.75 Å². The molecule has 15 heteroatoms. The number of fused-ring (bicyclic) bond motifs is 15. The molecule has 0 unspecified atom stereocenters. The summed E-state index contributed by atoms with van der Waals surface area (Å²) in [5.41, 5.74) is 2.46. The van der Waals surface area contributed by atoms with E-state index in [1.54, 1.807) is 40.5 Å². The number of nitrogens with one attached hydrogen (secondary N) is 4. The van der Waals surface area contributed by atoms with Gasteiger partial charge < -0.3 is 30.6 Å². The van der Waals surface area contributed by atoms with E-state index in [0.29, 0.717) is 35.0 Å². The molecule has 0 radical (unpaired) electrons. The third-order valence-corrected chi connectivity index (χ3v) is 9.59. The molecule has 7 rings (SSSR count). The zero-order valence-corrected chi connectivity index (χ0v) is 32.2. The fourth-order valence-electron chi connectivity index (χ4n) is 6.89. The molecule has 4 N–H and O–H groups in total. The normalized spacial score (nSPS) is 20.1. The number of hydrogen-bond donors (Lipinski definition) is 4. The minimum absolute atomic E-state index is 0.114. The smallest absolute Gasteiger partial charge is 0.257 e. The fraction of sp³-hybridized carbons (Fsp3) is 0.425. The minimum Gasteiger partial charge on any atom is -0.491 e. The van der Waals surface area contributed by atoms with Crippen molar-refractivity contribution < 1.29 is 23.9 Å². The summed E-state index contributed by atoms with van der Waals surface area (Å²) in [4.78, 5) is 60.7. The van der Waals surface area contributed by atoms with E-state index in [9.17, 15) is 19.2 Å². The lowest BCUT2D eigenvalue weighted by atomic mass is 10.00. The number of nitrogens with zero attached hydrogens (tertiary/aromatic N) is 6. The molecule has 5 heterocycles. The third-order valence-electron chi connectivity index (χ3n) is 9.59. The predicted octanol–water partition coefficient (Wildman–Crippen LogP) is 3.08. The van der Waals surface area contributed by atoms with Crippen molar-refractivity contribution in [3.8, 4) is 5.75 Å². The number of benzene rings is 2. The number of rotatable bonds is 7. The second-order valence-electron chi connectivity index (χ2n) is 15.0. The van der Waals surface area contributed by atoms with Gasteiger partial charge >= 0.3 is 0 Å². The SMILES string of the molecule is Cc1nc2n(n1)CC(=O)N[C@@H](CC(C)C)COc1ccc(cc1)C[C@@H](NC(=O)c1cnn3ccn(C)c13)C(=O)N[C@@H](Cc1ccccc1)C(=O)N[C@H]2C(C)C. The van der Waals surface area contributed by atoms with Gasteiger partial charge in [-0.2, -0.15) is 10.2 Å². The Morgan fingerprint density at radius 3 is 2.42 bits per heavy atom. The Hall–Kier alpha value is -5.99. The van der Waals surface area contributed by atoms with Gasteiger partial charge in [0, 0.05) is 32.3 Å². The summed E-state index contributed by atoms with van der Waals surface area (Å²) in [6, 6.07) is 13.6. The van der Waals surface area contributed by atoms with Crippen LogP contribution in [0, 0.1) is 18.8 Å². The van der Waals surface area contributed by atoms with Gasteiger partial charge in [-0.3, -0.25) is 19.2 Å². The molecule has 4 atom stereocenters. The molecule has 290 valence electrons. The molecule has 2 aliphatic heterocycles. The second kappa shape index (κ2) is 17.0. The van der Waals surface area contributed by atoms with Crippen molar-refractivity contribution in [3.63, 3.8) is 0 Å². The summed E-state index contributed by atoms with van der Waals surface area (Å²) < 4.78 is 11.0. The molecule has 2 bridgehead atoms. The molecular weight excluding hydrogens is 701 g/mol. The Bertz CT molecular complexity index is 2120. The number of carbonyl (C=O) groups excluding carboxylic acids is 4. The van der Waals surface area contributed by atoms with E-state index in [0.717, 1.165) is 11.1 Å². The number of carbonyl (C=O) groups is 4. The average molecular weight is 751 g/mol. The van der Waals surface area contributed by atoms with Crippen molar-refractivity contribution in [1.29, 1.82) is 0 Å². The van der Waals surface area contributed by atoms with Crippen LogP contribution >= 0.6 is 0 Å². The first kappa shape index (κ1) is 38.7. The van der Waals surface area contributed by atoms with Crippen LogP contribution in [0.3, 0.4) is 0 Å². The van der Waals surface area contributed by atoms with Crippen LogP contribution < -0.4 is 26.0 Å². The summed E-state index contributed by atoms with van der Waals surface area (Å²) in [5, 5.41) is 20.9. The van der Waals surface area contributed by atoms with Gasteiger partial charge in [-0.15, -0.1) is 0 Å². The lowest BCUT2D eigenvalue weighted by molar-refractivity contribution is -0.130. The van der Waals surface area contributed by atoms with Crippen molar-refractivity contribution >= 4 is 29.3 Å². The topological polar surface area (TPSA) is 179 Å². The molecule has 0 saturated carbocycles. The van der Waals surface area contributed by atoms with Gasteiger partial charge in [0.1, 0.15) is 48.0 Å². The highest BCUT2D eigenvalue weighted by atomic mass is 16.5. The summed E-state index contributed by atoms with van der Waals surface area (Å²) >= 11 is 0. The van der Waals surface area contributed by atoms with Gasteiger partial charge in [-0.25, -0.2) is 14.2 Å². The summed E-state index contributed by atoms with van der Waals surface area (Å²) in [6.45, 7) is 9.90. The summed E-state index contributed by atoms with van der Waals surface area (Å²) in [7, 11) is 1.81. The van der Waals surface area contributed by atoms with E-state index in [2.05, 4.69) is 50.3 Å². The molecule has 5 aromatic rings. The largest absolute Gasteiger partial charge is 0.491 e. The van der Waals surface area contributed by atoms with Crippen LogP contribution in [0.25, 0.3) is 5.65 Å². The van der Waals surface area contributed by atoms with Crippen LogP contribution in [0.1, 0.15) is 73.3 Å². The first-order chi connectivity index (χ1) is 26.3. The Kier molecular flexibility index (Phi) is 12.0. The standard InChI is InChI=1S/C40H50N10O5/c1-24(2)18-29-23-55-30-14-12-28(13-15-30)20-32(44-37(52)31-21-41-49-17-16-48(6)40(31)49)38(53)45-33(19-27-10-8-7-9-11-27)39(54)46-35(25(3)4)36-42-26(5)47-50(36)22-34(51)43-29/h7-17,21,24-25,29,32-33,35H,18-20,22-23H2,1-6H3,(H,43,51)(H,44,52)(H,45,53)(H,46,54)/t29-,32+,33-,35-/m0/s1. The van der Waals surface area contributed by atoms with Gasteiger partial charge in [0.05, 0.1) is 18.3 Å². The van der Waals surface area contributed by atoms with Gasteiger partial charge in [-0.1, -0.05) is 70.2 Å². The number of hydrogen-bond acceptors (Lipinski definition) is 8. The summed E-state index contributed by atoms with van der Waals surface area (Å²) in [6.07, 6.45) is 5.97. The van der Waals surface area contributed by atoms with E-state index in [4.69, 9.17) is 4.74 Å². The molecule has 15 nitrogen and oxygen atoms in total. The zero-order chi connectivity index (χ0) is 39.2.